The van der Waals surface area contributed by atoms with Gasteiger partial charge in [-0.1, -0.05) is 40.2 Å². The summed E-state index contributed by atoms with van der Waals surface area (Å²) in [6.45, 7) is 4.90. The van der Waals surface area contributed by atoms with Crippen LogP contribution in [0.3, 0.4) is 0 Å². The van der Waals surface area contributed by atoms with Crippen LogP contribution in [0.2, 0.25) is 0 Å². The quantitative estimate of drug-likeness (QED) is 0.404. The van der Waals surface area contributed by atoms with Gasteiger partial charge in [0.15, 0.2) is 0 Å². The Morgan fingerprint density at radius 2 is 1.94 bits per heavy atom. The molecule has 2 aromatic carbocycles. The second-order valence-electron chi connectivity index (χ2n) is 8.31. The van der Waals surface area contributed by atoms with Crippen LogP contribution in [0, 0.1) is 0 Å². The molecule has 1 atom stereocenters. The Morgan fingerprint density at radius 1 is 1.15 bits per heavy atom. The van der Waals surface area contributed by atoms with Crippen molar-refractivity contribution in [3.63, 3.8) is 0 Å². The second-order valence-corrected chi connectivity index (χ2v) is 10.2. The van der Waals surface area contributed by atoms with E-state index in [1.807, 2.05) is 61.2 Å². The minimum absolute atomic E-state index is 0.0321. The Labute approximate surface area is 207 Å². The average molecular weight is 527 g/mol. The molecule has 1 aromatic heterocycles. The highest BCUT2D eigenvalue weighted by molar-refractivity contribution is 9.10. The van der Waals surface area contributed by atoms with E-state index in [1.54, 1.807) is 28.4 Å². The van der Waals surface area contributed by atoms with E-state index in [0.717, 1.165) is 22.2 Å². The van der Waals surface area contributed by atoms with Crippen molar-refractivity contribution < 1.29 is 14.3 Å². The van der Waals surface area contributed by atoms with Gasteiger partial charge in [-0.25, -0.2) is 0 Å². The number of benzene rings is 2. The lowest BCUT2D eigenvalue weighted by atomic mass is 10.00. The zero-order chi connectivity index (χ0) is 23.4. The number of halogens is 1. The number of nitrogens with zero attached hydrogens (tertiary/aromatic N) is 2. The first kappa shape index (κ1) is 23.5. The number of fused-ring (bicyclic) bond motifs is 1. The molecule has 0 bridgehead atoms. The van der Waals surface area contributed by atoms with Crippen molar-refractivity contribution in [2.45, 2.75) is 32.4 Å². The molecule has 7 heteroatoms. The van der Waals surface area contributed by atoms with E-state index in [9.17, 15) is 9.59 Å². The Balaban J connectivity index is 1.53. The summed E-state index contributed by atoms with van der Waals surface area (Å²) >= 11 is 5.15. The Kier molecular flexibility index (Phi) is 7.50. The van der Waals surface area contributed by atoms with Gasteiger partial charge in [0.05, 0.1) is 6.04 Å². The number of carbonyl (C=O) groups is 2. The molecule has 33 heavy (non-hydrogen) atoms. The summed E-state index contributed by atoms with van der Waals surface area (Å²) in [6.07, 6.45) is 0.821. The molecule has 0 radical (unpaired) electrons. The molecule has 0 unspecified atom stereocenters. The number of ether oxygens (including phenoxy) is 1. The second kappa shape index (κ2) is 10.5. The molecule has 5 nitrogen and oxygen atoms in total. The summed E-state index contributed by atoms with van der Waals surface area (Å²) in [4.78, 5) is 31.6. The van der Waals surface area contributed by atoms with Crippen molar-refractivity contribution in [1.82, 2.24) is 9.80 Å². The molecule has 0 fully saturated rings. The standard InChI is InChI=1S/C26H27BrN2O3S/c1-18(2)29(26(31)19-7-6-8-20(27)15-19)16-25(30)28-13-11-24-22(12-14-33-24)23(28)17-32-21-9-4-3-5-10-21/h3-10,12,14-15,18,23H,11,13,16-17H2,1-2H3/t23-/m0/s1. The van der Waals surface area contributed by atoms with Crippen LogP contribution in [-0.4, -0.2) is 47.4 Å². The molecule has 0 N–H and O–H groups in total. The van der Waals surface area contributed by atoms with Crippen LogP contribution in [0.15, 0.2) is 70.5 Å². The molecular weight excluding hydrogens is 500 g/mol. The van der Waals surface area contributed by atoms with Gasteiger partial charge in [0, 0.05) is 27.5 Å². The van der Waals surface area contributed by atoms with E-state index in [0.29, 0.717) is 18.7 Å². The summed E-state index contributed by atoms with van der Waals surface area (Å²) in [5.74, 6) is 0.566. The summed E-state index contributed by atoms with van der Waals surface area (Å²) in [7, 11) is 0. The van der Waals surface area contributed by atoms with E-state index >= 15 is 0 Å². The topological polar surface area (TPSA) is 49.9 Å². The molecule has 0 spiro atoms. The number of amides is 2. The van der Waals surface area contributed by atoms with Crippen molar-refractivity contribution in [3.05, 3.63) is 86.5 Å². The van der Waals surface area contributed by atoms with E-state index in [4.69, 9.17) is 4.74 Å². The SMILES string of the molecule is CC(C)N(CC(=O)N1CCc2sccc2[C@@H]1COc1ccccc1)C(=O)c1cccc(Br)c1. The van der Waals surface area contributed by atoms with Crippen LogP contribution in [-0.2, 0) is 11.2 Å². The first-order valence-electron chi connectivity index (χ1n) is 11.0. The van der Waals surface area contributed by atoms with Gasteiger partial charge in [-0.15, -0.1) is 11.3 Å². The number of carbonyl (C=O) groups excluding carboxylic acids is 2. The van der Waals surface area contributed by atoms with E-state index in [1.165, 1.54) is 4.88 Å². The molecule has 2 amide bonds. The highest BCUT2D eigenvalue weighted by atomic mass is 79.9. The first-order valence-corrected chi connectivity index (χ1v) is 12.7. The summed E-state index contributed by atoms with van der Waals surface area (Å²) in [5, 5.41) is 2.07. The fourth-order valence-electron chi connectivity index (χ4n) is 4.08. The van der Waals surface area contributed by atoms with Crippen LogP contribution >= 0.6 is 27.3 Å². The maximum Gasteiger partial charge on any atom is 0.254 e. The molecule has 1 aliphatic rings. The molecule has 4 rings (SSSR count). The predicted octanol–water partition coefficient (Wildman–Crippen LogP) is 5.57. The molecule has 0 aliphatic carbocycles. The zero-order valence-electron chi connectivity index (χ0n) is 18.7. The fraction of sp³-hybridized carbons (Fsp3) is 0.308. The molecular formula is C26H27BrN2O3S. The maximum atomic E-state index is 13.5. The van der Waals surface area contributed by atoms with Crippen LogP contribution < -0.4 is 4.74 Å². The monoisotopic (exact) mass is 526 g/mol. The van der Waals surface area contributed by atoms with E-state index < -0.39 is 0 Å². The number of rotatable bonds is 7. The summed E-state index contributed by atoms with van der Waals surface area (Å²) in [5.41, 5.74) is 1.71. The molecule has 3 aromatic rings. The van der Waals surface area contributed by atoms with Gasteiger partial charge in [-0.3, -0.25) is 9.59 Å². The highest BCUT2D eigenvalue weighted by Crippen LogP contribution is 2.34. The highest BCUT2D eigenvalue weighted by Gasteiger charge is 2.34. The van der Waals surface area contributed by atoms with Gasteiger partial charge in [-0.2, -0.15) is 0 Å². The van der Waals surface area contributed by atoms with Crippen LogP contribution in [0.1, 0.15) is 40.7 Å². The van der Waals surface area contributed by atoms with Gasteiger partial charge < -0.3 is 14.5 Å². The Hall–Kier alpha value is -2.64. The largest absolute Gasteiger partial charge is 0.491 e. The minimum atomic E-state index is -0.178. The van der Waals surface area contributed by atoms with Gasteiger partial charge in [0.25, 0.3) is 5.91 Å². The van der Waals surface area contributed by atoms with Gasteiger partial charge in [0.2, 0.25) is 5.91 Å². The summed E-state index contributed by atoms with van der Waals surface area (Å²) < 4.78 is 6.90. The maximum absolute atomic E-state index is 13.5. The number of hydrogen-bond donors (Lipinski definition) is 0. The zero-order valence-corrected chi connectivity index (χ0v) is 21.1. The number of hydrogen-bond acceptors (Lipinski definition) is 4. The van der Waals surface area contributed by atoms with Gasteiger partial charge in [0.1, 0.15) is 18.9 Å². The van der Waals surface area contributed by atoms with Crippen molar-refractivity contribution in [3.8, 4) is 5.75 Å². The minimum Gasteiger partial charge on any atom is -0.491 e. The predicted molar refractivity (Wildman–Crippen MR) is 135 cm³/mol. The third kappa shape index (κ3) is 5.47. The number of para-hydroxylation sites is 1. The number of thiophene rings is 1. The van der Waals surface area contributed by atoms with E-state index in [-0.39, 0.29) is 30.4 Å². The van der Waals surface area contributed by atoms with Crippen LogP contribution in [0.25, 0.3) is 0 Å². The average Bonchev–Trinajstić information content (AvgIpc) is 3.30. The smallest absolute Gasteiger partial charge is 0.254 e. The Morgan fingerprint density at radius 3 is 2.67 bits per heavy atom. The summed E-state index contributed by atoms with van der Waals surface area (Å²) in [6, 6.07) is 18.7. The normalized spacial score (nSPS) is 15.3. The van der Waals surface area contributed by atoms with Crippen LogP contribution in [0.4, 0.5) is 0 Å². The van der Waals surface area contributed by atoms with Crippen molar-refractivity contribution in [2.24, 2.45) is 0 Å². The van der Waals surface area contributed by atoms with Crippen molar-refractivity contribution >= 4 is 39.1 Å². The van der Waals surface area contributed by atoms with Crippen LogP contribution in [0.5, 0.6) is 5.75 Å². The van der Waals surface area contributed by atoms with E-state index in [2.05, 4.69) is 27.4 Å². The first-order chi connectivity index (χ1) is 15.9. The lowest BCUT2D eigenvalue weighted by Gasteiger charge is -2.37. The lowest BCUT2D eigenvalue weighted by Crippen LogP contribution is -2.49. The third-order valence-electron chi connectivity index (χ3n) is 5.83. The van der Waals surface area contributed by atoms with Crippen molar-refractivity contribution in [2.75, 3.05) is 19.7 Å². The molecule has 0 saturated carbocycles. The molecule has 172 valence electrons. The fourth-order valence-corrected chi connectivity index (χ4v) is 5.41. The van der Waals surface area contributed by atoms with Gasteiger partial charge >= 0.3 is 0 Å². The molecule has 0 saturated heterocycles. The Bertz CT molecular complexity index is 1120. The molecule has 2 heterocycles. The van der Waals surface area contributed by atoms with Crippen molar-refractivity contribution in [1.29, 1.82) is 0 Å². The molecule has 1 aliphatic heterocycles. The third-order valence-corrected chi connectivity index (χ3v) is 7.32. The lowest BCUT2D eigenvalue weighted by molar-refractivity contribution is -0.136. The van der Waals surface area contributed by atoms with Gasteiger partial charge in [-0.05, 0) is 67.6 Å².